The van der Waals surface area contributed by atoms with Gasteiger partial charge in [-0.25, -0.2) is 8.42 Å². The first-order chi connectivity index (χ1) is 13.3. The topological polar surface area (TPSA) is 110 Å². The predicted octanol–water partition coefficient (Wildman–Crippen LogP) is 0.878. The Hall–Kier alpha value is -0.410. The van der Waals surface area contributed by atoms with E-state index in [1.165, 1.54) is 51.0 Å². The Bertz CT molecular complexity index is 549. The van der Waals surface area contributed by atoms with Crippen LogP contribution in [0.15, 0.2) is 12.7 Å². The molecule has 0 bridgehead atoms. The van der Waals surface area contributed by atoms with E-state index in [-0.39, 0.29) is 42.8 Å². The summed E-state index contributed by atoms with van der Waals surface area (Å²) in [4.78, 5) is 23.3. The molecule has 0 aromatic rings. The van der Waals surface area contributed by atoms with E-state index >= 15 is 0 Å². The van der Waals surface area contributed by atoms with Gasteiger partial charge in [-0.05, 0) is 6.42 Å². The second-order valence-corrected chi connectivity index (χ2v) is 8.41. The maximum Gasteiger partial charge on any atom is 1.00 e. The number of carbonyl (C=O) groups excluding carboxylic acids is 2. The average Bonchev–Trinajstić information content (AvgIpc) is 2.64. The second kappa shape index (κ2) is 19.5. The van der Waals surface area contributed by atoms with E-state index in [0.717, 1.165) is 19.3 Å². The van der Waals surface area contributed by atoms with Crippen LogP contribution in [0.5, 0.6) is 0 Å². The van der Waals surface area contributed by atoms with Gasteiger partial charge in [0.2, 0.25) is 0 Å². The molecule has 29 heavy (non-hydrogen) atoms. The summed E-state index contributed by atoms with van der Waals surface area (Å²) in [5, 5.41) is -2.07. The molecule has 1 atom stereocenters. The first-order valence-electron chi connectivity index (χ1n) is 10.2. The van der Waals surface area contributed by atoms with E-state index in [4.69, 9.17) is 4.74 Å². The molecule has 0 aliphatic rings. The third-order valence-electron chi connectivity index (χ3n) is 4.32. The summed E-state index contributed by atoms with van der Waals surface area (Å²) >= 11 is 0. The summed E-state index contributed by atoms with van der Waals surface area (Å²) in [6.45, 7) is 5.45. The molecule has 7 nitrogen and oxygen atoms in total. The molecule has 0 saturated carbocycles. The van der Waals surface area contributed by atoms with Gasteiger partial charge in [0.15, 0.2) is 5.25 Å². The SMILES string of the molecule is C=CCOC(=O)CC(C(=O)OCCCCCCCCCCCCC)S(=O)(=O)[O-].[Na+]. The molecule has 0 aliphatic carbocycles. The number of hydrogen-bond donors (Lipinski definition) is 0. The minimum absolute atomic E-state index is 0. The van der Waals surface area contributed by atoms with Crippen LogP contribution in [0.4, 0.5) is 0 Å². The monoisotopic (exact) mass is 442 g/mol. The molecule has 0 heterocycles. The smallest absolute Gasteiger partial charge is 0.747 e. The van der Waals surface area contributed by atoms with Crippen molar-refractivity contribution in [2.75, 3.05) is 13.2 Å². The Morgan fingerprint density at radius 1 is 0.931 bits per heavy atom. The average molecular weight is 443 g/mol. The van der Waals surface area contributed by atoms with E-state index in [2.05, 4.69) is 18.2 Å². The second-order valence-electron chi connectivity index (χ2n) is 6.86. The number of hydrogen-bond acceptors (Lipinski definition) is 7. The molecule has 0 N–H and O–H groups in total. The van der Waals surface area contributed by atoms with Crippen molar-refractivity contribution in [2.24, 2.45) is 0 Å². The molecule has 0 aliphatic heterocycles. The van der Waals surface area contributed by atoms with Gasteiger partial charge >= 0.3 is 41.5 Å². The number of ether oxygens (including phenoxy) is 2. The normalized spacial score (nSPS) is 11.9. The van der Waals surface area contributed by atoms with Crippen LogP contribution in [0.2, 0.25) is 0 Å². The maximum atomic E-state index is 11.9. The molecule has 9 heteroatoms. The zero-order valence-corrected chi connectivity index (χ0v) is 20.8. The maximum absolute atomic E-state index is 11.9. The zero-order valence-electron chi connectivity index (χ0n) is 18.0. The molecule has 0 saturated heterocycles. The largest absolute Gasteiger partial charge is 1.00 e. The van der Waals surface area contributed by atoms with Crippen LogP contribution in [0.3, 0.4) is 0 Å². The Morgan fingerprint density at radius 2 is 1.41 bits per heavy atom. The predicted molar refractivity (Wildman–Crippen MR) is 107 cm³/mol. The standard InChI is InChI=1S/C20H36O7S.Na/c1-3-5-6-7-8-9-10-11-12-13-14-16-27-20(22)18(28(23,24)25)17-19(21)26-15-4-2;/h4,18H,2-3,5-17H2,1H3,(H,23,24,25);/q;+1/p-1. The van der Waals surface area contributed by atoms with Gasteiger partial charge in [0.25, 0.3) is 0 Å². The number of unbranched alkanes of at least 4 members (excludes halogenated alkanes) is 10. The summed E-state index contributed by atoms with van der Waals surface area (Å²) in [5.74, 6) is -2.16. The van der Waals surface area contributed by atoms with Gasteiger partial charge in [0.1, 0.15) is 16.7 Å². The summed E-state index contributed by atoms with van der Waals surface area (Å²) < 4.78 is 43.1. The molecule has 0 radical (unpaired) electrons. The van der Waals surface area contributed by atoms with Crippen molar-refractivity contribution in [1.29, 1.82) is 0 Å². The first-order valence-corrected chi connectivity index (χ1v) is 11.7. The van der Waals surface area contributed by atoms with E-state index in [0.29, 0.717) is 6.42 Å². The van der Waals surface area contributed by atoms with Gasteiger partial charge in [-0.15, -0.1) is 0 Å². The molecule has 0 rings (SSSR count). The van der Waals surface area contributed by atoms with Crippen molar-refractivity contribution in [3.05, 3.63) is 12.7 Å². The van der Waals surface area contributed by atoms with Crippen LogP contribution in [-0.2, 0) is 29.2 Å². The minimum Gasteiger partial charge on any atom is -0.747 e. The van der Waals surface area contributed by atoms with Crippen molar-refractivity contribution in [3.63, 3.8) is 0 Å². The fraction of sp³-hybridized carbons (Fsp3) is 0.800. The summed E-state index contributed by atoms with van der Waals surface area (Å²) in [7, 11) is -5.00. The quantitative estimate of drug-likeness (QED) is 0.102. The molecule has 0 aromatic carbocycles. The fourth-order valence-corrected chi connectivity index (χ4v) is 3.34. The van der Waals surface area contributed by atoms with Crippen molar-refractivity contribution in [1.82, 2.24) is 0 Å². The van der Waals surface area contributed by atoms with E-state index in [1.807, 2.05) is 0 Å². The number of carbonyl (C=O) groups is 2. The Kier molecular flexibility index (Phi) is 20.7. The Labute approximate surface area is 198 Å². The van der Waals surface area contributed by atoms with Crippen LogP contribution in [-0.4, -0.2) is 43.4 Å². The van der Waals surface area contributed by atoms with E-state index < -0.39 is 33.7 Å². The van der Waals surface area contributed by atoms with Crippen LogP contribution < -0.4 is 29.6 Å². The molecule has 0 fully saturated rings. The van der Waals surface area contributed by atoms with Crippen molar-refractivity contribution in [3.8, 4) is 0 Å². The molecule has 0 amide bonds. The zero-order chi connectivity index (χ0) is 21.3. The molecule has 164 valence electrons. The van der Waals surface area contributed by atoms with Crippen LogP contribution >= 0.6 is 0 Å². The number of esters is 2. The number of rotatable bonds is 18. The van der Waals surface area contributed by atoms with E-state index in [1.54, 1.807) is 0 Å². The van der Waals surface area contributed by atoms with Gasteiger partial charge in [-0.2, -0.15) is 0 Å². The van der Waals surface area contributed by atoms with Gasteiger partial charge < -0.3 is 14.0 Å². The fourth-order valence-electron chi connectivity index (χ4n) is 2.70. The third-order valence-corrected chi connectivity index (χ3v) is 5.37. The molecule has 1 unspecified atom stereocenters. The first kappa shape index (κ1) is 30.8. The van der Waals surface area contributed by atoms with Crippen molar-refractivity contribution >= 4 is 22.1 Å². The van der Waals surface area contributed by atoms with Crippen LogP contribution in [0.25, 0.3) is 0 Å². The molecular formula is C20H35NaO7S. The van der Waals surface area contributed by atoms with Gasteiger partial charge in [0, 0.05) is 0 Å². The van der Waals surface area contributed by atoms with Gasteiger partial charge in [-0.3, -0.25) is 9.59 Å². The van der Waals surface area contributed by atoms with Crippen LogP contribution in [0, 0.1) is 0 Å². The molecule has 0 aromatic heterocycles. The third kappa shape index (κ3) is 18.1. The summed E-state index contributed by atoms with van der Waals surface area (Å²) in [5.41, 5.74) is 0. The van der Waals surface area contributed by atoms with Crippen molar-refractivity contribution in [2.45, 2.75) is 89.2 Å². The Balaban J connectivity index is 0. The molecule has 0 spiro atoms. The molecular weight excluding hydrogens is 407 g/mol. The summed E-state index contributed by atoms with van der Waals surface area (Å²) in [6, 6.07) is 0. The van der Waals surface area contributed by atoms with Crippen LogP contribution in [0.1, 0.15) is 84.0 Å². The minimum atomic E-state index is -5.00. The Morgan fingerprint density at radius 3 is 1.86 bits per heavy atom. The van der Waals surface area contributed by atoms with Gasteiger partial charge in [0.05, 0.1) is 13.0 Å². The van der Waals surface area contributed by atoms with Gasteiger partial charge in [-0.1, -0.05) is 83.8 Å². The van der Waals surface area contributed by atoms with E-state index in [9.17, 15) is 22.6 Å². The van der Waals surface area contributed by atoms with Crippen molar-refractivity contribution < 1.29 is 61.6 Å². The summed E-state index contributed by atoms with van der Waals surface area (Å²) in [6.07, 6.45) is 12.9.